The molecule has 0 aliphatic carbocycles. The maximum Gasteiger partial charge on any atom is 0.178 e. The van der Waals surface area contributed by atoms with E-state index in [0.29, 0.717) is 0 Å². The number of hydrogen-bond acceptors (Lipinski definition) is 0. The average Bonchev–Trinajstić information content (AvgIpc) is 2.40. The van der Waals surface area contributed by atoms with E-state index in [9.17, 15) is 0 Å². The molecule has 0 spiro atoms. The zero-order valence-electron chi connectivity index (χ0n) is 10.7. The largest absolute Gasteiger partial charge is 0.178 e. The summed E-state index contributed by atoms with van der Waals surface area (Å²) in [6.07, 6.45) is 0. The Morgan fingerprint density at radius 1 is 1.06 bits per heavy atom. The first-order valence-electron chi connectivity index (χ1n) is 5.90. The topological polar surface area (TPSA) is 0 Å². The summed E-state index contributed by atoms with van der Waals surface area (Å²) in [6.45, 7) is 1.90. The molecule has 2 aromatic rings. The van der Waals surface area contributed by atoms with Crippen LogP contribution in [-0.4, -0.2) is 17.1 Å². The van der Waals surface area contributed by atoms with Crippen molar-refractivity contribution in [2.75, 3.05) is 0 Å². The molecule has 0 aliphatic heterocycles. The summed E-state index contributed by atoms with van der Waals surface area (Å²) in [5, 5.41) is 0.883. The molecular weight excluding hydrogens is 228 g/mol. The molecule has 0 N–H and O–H groups in total. The van der Waals surface area contributed by atoms with Gasteiger partial charge in [-0.1, -0.05) is 54.0 Å². The van der Waals surface area contributed by atoms with Gasteiger partial charge in [-0.05, 0) is 16.4 Å². The minimum atomic E-state index is -1.26. The van der Waals surface area contributed by atoms with Crippen molar-refractivity contribution in [2.45, 2.75) is 0 Å². The third-order valence-electron chi connectivity index (χ3n) is 2.43. The Morgan fingerprint density at radius 2 is 1.62 bits per heavy atom. The fraction of sp³-hybridized carbons (Fsp3) is 0. The van der Waals surface area contributed by atoms with Crippen LogP contribution in [0.5, 0.6) is 0 Å². The van der Waals surface area contributed by atoms with Crippen molar-refractivity contribution in [3.05, 3.63) is 48.5 Å². The maximum absolute atomic E-state index is 7.49. The van der Waals surface area contributed by atoms with Gasteiger partial charge >= 0.3 is 0 Å². The van der Waals surface area contributed by atoms with Crippen molar-refractivity contribution >= 4 is 42.8 Å². The molecule has 2 rings (SSSR count). The first-order chi connectivity index (χ1) is 8.70. The van der Waals surface area contributed by atoms with Gasteiger partial charge in [-0.15, -0.1) is 8.40 Å². The van der Waals surface area contributed by atoms with E-state index >= 15 is 0 Å². The summed E-state index contributed by atoms with van der Waals surface area (Å²) < 4.78 is 14.7. The smallest absolute Gasteiger partial charge is 0.172 e. The highest BCUT2D eigenvalue weighted by molar-refractivity contribution is 7.73. The van der Waals surface area contributed by atoms with E-state index in [1.165, 1.54) is 0 Å². The molecule has 4 heteroatoms. The van der Waals surface area contributed by atoms with Crippen LogP contribution in [0.15, 0.2) is 48.5 Å². The van der Waals surface area contributed by atoms with Crippen LogP contribution in [-0.2, 0) is 0 Å². The van der Waals surface area contributed by atoms with Crippen LogP contribution in [0, 0.1) is 0 Å². The second-order valence-electron chi connectivity index (χ2n) is 3.44. The van der Waals surface area contributed by atoms with Gasteiger partial charge in [0.1, 0.15) is 7.57 Å². The molecule has 0 nitrogen and oxygen atoms in total. The van der Waals surface area contributed by atoms with Crippen LogP contribution in [0.2, 0.25) is 0 Å². The lowest BCUT2D eigenvalue weighted by atomic mass is 9.92. The summed E-state index contributed by atoms with van der Waals surface area (Å²) >= 11 is 0. The molecule has 3 radical (unpaired) electrons. The lowest BCUT2D eigenvalue weighted by Crippen LogP contribution is -2.06. The van der Waals surface area contributed by atoms with Gasteiger partial charge in [0.2, 0.25) is 0 Å². The van der Waals surface area contributed by atoms with E-state index in [1.807, 2.05) is 55.5 Å². The summed E-state index contributed by atoms with van der Waals surface area (Å²) in [6, 6.07) is 16.0. The minimum Gasteiger partial charge on any atom is -0.172 e. The molecule has 0 bridgehead atoms. The lowest BCUT2D eigenvalue weighted by Gasteiger charge is -2.04. The second kappa shape index (κ2) is 5.67. The van der Waals surface area contributed by atoms with Gasteiger partial charge in [0.15, 0.2) is 7.00 Å². The van der Waals surface area contributed by atoms with Crippen molar-refractivity contribution in [1.29, 1.82) is 2.56 Å². The number of hydrogen-bond donors (Lipinski definition) is 0. The monoisotopic (exact) mass is 241 g/mol. The lowest BCUT2D eigenvalue weighted by molar-refractivity contribution is 1.66. The summed E-state index contributed by atoms with van der Waals surface area (Å²) in [7, 11) is 4.39. The molecule has 2 atom stereocenters. The molecule has 0 heterocycles. The maximum atomic E-state index is 7.49. The first kappa shape index (κ1) is 9.46. The molecular formula is C12H11B2P2. The van der Waals surface area contributed by atoms with Gasteiger partial charge in [0.25, 0.3) is 0 Å². The Hall–Kier alpha value is -0.570. The van der Waals surface area contributed by atoms with Crippen LogP contribution in [0.4, 0.5) is 0 Å². The fourth-order valence-electron chi connectivity index (χ4n) is 1.51. The minimum absolute atomic E-state index is 0.0862. The molecule has 0 fully saturated rings. The Bertz CT molecular complexity index is 500. The summed E-state index contributed by atoms with van der Waals surface area (Å²) in [4.78, 5) is 0. The second-order valence-corrected chi connectivity index (χ2v) is 4.51. The molecule has 16 heavy (non-hydrogen) atoms. The standard InChI is InChI=1S/C12H11B2P2/c13-16-12-7-3-10(4-8-12)9-1-5-11(14-15)6-2-9/h1-8,16H,15H2/i15D,16D. The van der Waals surface area contributed by atoms with Crippen molar-refractivity contribution < 1.29 is 0 Å². The summed E-state index contributed by atoms with van der Waals surface area (Å²) in [5.74, 6) is 0. The molecule has 2 unspecified atom stereocenters. The van der Waals surface area contributed by atoms with Crippen molar-refractivity contribution in [3.8, 4) is 11.1 Å². The average molecular weight is 241 g/mol. The van der Waals surface area contributed by atoms with Crippen molar-refractivity contribution in [1.82, 2.24) is 0 Å². The molecule has 0 aliphatic rings. The van der Waals surface area contributed by atoms with Crippen LogP contribution in [0.25, 0.3) is 11.1 Å². The quantitative estimate of drug-likeness (QED) is 0.566. The van der Waals surface area contributed by atoms with E-state index in [0.717, 1.165) is 21.9 Å². The van der Waals surface area contributed by atoms with Crippen LogP contribution in [0.1, 0.15) is 0 Å². The van der Waals surface area contributed by atoms with E-state index in [1.54, 1.807) is 0 Å². The molecule has 2 aromatic carbocycles. The third kappa shape index (κ3) is 2.76. The molecule has 0 saturated heterocycles. The molecule has 0 saturated carbocycles. The van der Waals surface area contributed by atoms with Crippen molar-refractivity contribution in [3.63, 3.8) is 0 Å². The Morgan fingerprint density at radius 3 is 2.12 bits per heavy atom. The van der Waals surface area contributed by atoms with Crippen LogP contribution in [0.3, 0.4) is 0 Å². The Kier molecular flexibility index (Phi) is 3.35. The van der Waals surface area contributed by atoms with Gasteiger partial charge < -0.3 is 0 Å². The van der Waals surface area contributed by atoms with Gasteiger partial charge in [-0.2, -0.15) is 9.06 Å². The van der Waals surface area contributed by atoms with Crippen molar-refractivity contribution in [2.24, 2.45) is 0 Å². The predicted octanol–water partition coefficient (Wildman–Crippen LogP) is 1.86. The normalized spacial score (nSPS) is 14.5. The van der Waals surface area contributed by atoms with E-state index in [-0.39, 0.29) is 9.06 Å². The zero-order chi connectivity index (χ0) is 13.0. The number of benzene rings is 2. The highest BCUT2D eigenvalue weighted by atomic mass is 31.1. The highest BCUT2D eigenvalue weighted by Crippen LogP contribution is 2.18. The summed E-state index contributed by atoms with van der Waals surface area (Å²) in [5.41, 5.74) is 3.34. The van der Waals surface area contributed by atoms with E-state index in [2.05, 4.69) is 0 Å². The third-order valence-corrected chi connectivity index (χ3v) is 3.36. The van der Waals surface area contributed by atoms with Gasteiger partial charge in [-0.3, -0.25) is 0 Å². The van der Waals surface area contributed by atoms with Gasteiger partial charge in [0.05, 0.1) is 1.28 Å². The van der Waals surface area contributed by atoms with E-state index < -0.39 is 8.40 Å². The number of rotatable bonds is 4. The SMILES string of the molecule is [2H]P[B]c1ccc(-c2ccc(P([2H])[B])cc2)cc1. The van der Waals surface area contributed by atoms with E-state index in [4.69, 9.17) is 10.1 Å². The van der Waals surface area contributed by atoms with Gasteiger partial charge in [0, 0.05) is 1.28 Å². The van der Waals surface area contributed by atoms with Crippen LogP contribution < -0.4 is 10.8 Å². The molecule has 0 amide bonds. The zero-order valence-corrected chi connectivity index (χ0v) is 10.6. The fourth-order valence-corrected chi connectivity index (χ4v) is 2.03. The molecule has 75 valence electrons. The van der Waals surface area contributed by atoms with Gasteiger partial charge in [-0.25, -0.2) is 0 Å². The Balaban J connectivity index is 2.20. The Labute approximate surface area is 105 Å². The molecule has 0 aromatic heterocycles. The highest BCUT2D eigenvalue weighted by Gasteiger charge is 1.97. The van der Waals surface area contributed by atoms with Crippen LogP contribution >= 0.6 is 17.5 Å². The first-order valence-corrected chi connectivity index (χ1v) is 6.49. The predicted molar refractivity (Wildman–Crippen MR) is 80.7 cm³/mol.